The highest BCUT2D eigenvalue weighted by molar-refractivity contribution is 5.88. The quantitative estimate of drug-likeness (QED) is 0.615. The number of amides is 1. The number of ether oxygens (including phenoxy) is 1. The minimum Gasteiger partial charge on any atom is -0.464 e. The summed E-state index contributed by atoms with van der Waals surface area (Å²) in [5.74, 6) is -1.04. The van der Waals surface area contributed by atoms with Gasteiger partial charge in [-0.05, 0) is 6.07 Å². The van der Waals surface area contributed by atoms with Crippen molar-refractivity contribution in [2.45, 2.75) is 19.1 Å². The van der Waals surface area contributed by atoms with Gasteiger partial charge in [0.25, 0.3) is 0 Å². The Morgan fingerprint density at radius 2 is 2.16 bits per heavy atom. The van der Waals surface area contributed by atoms with Gasteiger partial charge < -0.3 is 20.3 Å². The lowest BCUT2D eigenvalue weighted by atomic mass is 10.0. The Bertz CT molecular complexity index is 463. The molecule has 2 unspecified atom stereocenters. The smallest absolute Gasteiger partial charge is 0.357 e. The number of aliphatic hydroxyl groups excluding tert-OH is 2. The number of nitrogens with one attached hydrogen (secondary N) is 1. The second-order valence-electron chi connectivity index (χ2n) is 3.88. The highest BCUT2D eigenvalue weighted by Gasteiger charge is 2.25. The summed E-state index contributed by atoms with van der Waals surface area (Å²) in [6.07, 6.45) is -1.23. The van der Waals surface area contributed by atoms with E-state index < -0.39 is 18.2 Å². The van der Waals surface area contributed by atoms with Gasteiger partial charge >= 0.3 is 5.97 Å². The number of carbonyl (C=O) groups is 2. The van der Waals surface area contributed by atoms with Crippen LogP contribution in [0.2, 0.25) is 0 Å². The van der Waals surface area contributed by atoms with Crippen molar-refractivity contribution in [1.29, 1.82) is 0 Å². The number of aliphatic hydroxyl groups is 2. The molecule has 0 radical (unpaired) electrons. The molecule has 1 amide bonds. The van der Waals surface area contributed by atoms with Crippen molar-refractivity contribution in [2.24, 2.45) is 0 Å². The van der Waals surface area contributed by atoms with Crippen LogP contribution in [0.1, 0.15) is 29.1 Å². The lowest BCUT2D eigenvalue weighted by Gasteiger charge is -2.19. The Labute approximate surface area is 110 Å². The number of pyridine rings is 1. The predicted molar refractivity (Wildman–Crippen MR) is 65.2 cm³/mol. The summed E-state index contributed by atoms with van der Waals surface area (Å²) in [6, 6.07) is 2.98. The van der Waals surface area contributed by atoms with Gasteiger partial charge in [0.1, 0.15) is 12.2 Å². The van der Waals surface area contributed by atoms with Crippen LogP contribution >= 0.6 is 0 Å². The standard InChI is InChI=1S/C12H16N2O5/c1-7(15)14-6-9(16)11(17)8-4-3-5-13-10(8)12(18)19-2/h3-5,9,11,16-17H,6H2,1-2H3,(H,14,15). The molecule has 0 fully saturated rings. The third-order valence-corrected chi connectivity index (χ3v) is 2.46. The van der Waals surface area contributed by atoms with Crippen LogP contribution in [-0.4, -0.2) is 46.8 Å². The first-order chi connectivity index (χ1) is 8.97. The summed E-state index contributed by atoms with van der Waals surface area (Å²) < 4.78 is 4.54. The SMILES string of the molecule is COC(=O)c1ncccc1C(O)C(O)CNC(C)=O. The van der Waals surface area contributed by atoms with Crippen LogP contribution in [0.5, 0.6) is 0 Å². The van der Waals surface area contributed by atoms with Gasteiger partial charge in [-0.25, -0.2) is 9.78 Å². The maximum absolute atomic E-state index is 11.5. The van der Waals surface area contributed by atoms with Crippen LogP contribution in [0.25, 0.3) is 0 Å². The summed E-state index contributed by atoms with van der Waals surface area (Å²) in [4.78, 5) is 26.0. The fourth-order valence-corrected chi connectivity index (χ4v) is 1.49. The van der Waals surface area contributed by atoms with Crippen LogP contribution in [0.3, 0.4) is 0 Å². The zero-order valence-corrected chi connectivity index (χ0v) is 10.7. The molecule has 1 rings (SSSR count). The van der Waals surface area contributed by atoms with E-state index in [0.717, 1.165) is 0 Å². The van der Waals surface area contributed by atoms with Crippen LogP contribution in [0, 0.1) is 0 Å². The van der Waals surface area contributed by atoms with E-state index in [4.69, 9.17) is 0 Å². The molecule has 2 atom stereocenters. The van der Waals surface area contributed by atoms with E-state index in [1.54, 1.807) is 0 Å². The number of nitrogens with zero attached hydrogens (tertiary/aromatic N) is 1. The molecule has 1 heterocycles. The van der Waals surface area contributed by atoms with Crippen molar-refractivity contribution in [3.8, 4) is 0 Å². The number of hydrogen-bond donors (Lipinski definition) is 3. The van der Waals surface area contributed by atoms with Gasteiger partial charge in [-0.2, -0.15) is 0 Å². The van der Waals surface area contributed by atoms with E-state index in [9.17, 15) is 19.8 Å². The summed E-state index contributed by atoms with van der Waals surface area (Å²) in [7, 11) is 1.20. The van der Waals surface area contributed by atoms with Crippen molar-refractivity contribution in [3.05, 3.63) is 29.6 Å². The highest BCUT2D eigenvalue weighted by Crippen LogP contribution is 2.20. The average Bonchev–Trinajstić information content (AvgIpc) is 2.42. The summed E-state index contributed by atoms with van der Waals surface area (Å²) in [6.45, 7) is 1.16. The minimum absolute atomic E-state index is 0.0700. The number of aromatic nitrogens is 1. The van der Waals surface area contributed by atoms with Crippen molar-refractivity contribution < 1.29 is 24.5 Å². The molecule has 0 aliphatic carbocycles. The van der Waals surface area contributed by atoms with Crippen molar-refractivity contribution in [3.63, 3.8) is 0 Å². The Kier molecular flexibility index (Phi) is 5.40. The molecule has 7 nitrogen and oxygen atoms in total. The van der Waals surface area contributed by atoms with E-state index in [1.807, 2.05) is 0 Å². The average molecular weight is 268 g/mol. The highest BCUT2D eigenvalue weighted by atomic mass is 16.5. The van der Waals surface area contributed by atoms with Gasteiger partial charge in [0.2, 0.25) is 5.91 Å². The van der Waals surface area contributed by atoms with E-state index in [-0.39, 0.29) is 23.7 Å². The molecule has 3 N–H and O–H groups in total. The molecule has 0 bridgehead atoms. The van der Waals surface area contributed by atoms with Crippen molar-refractivity contribution in [1.82, 2.24) is 10.3 Å². The number of carbonyl (C=O) groups excluding carboxylic acids is 2. The molecule has 1 aromatic heterocycles. The van der Waals surface area contributed by atoms with Crippen LogP contribution in [-0.2, 0) is 9.53 Å². The molecule has 1 aromatic rings. The van der Waals surface area contributed by atoms with Crippen LogP contribution < -0.4 is 5.32 Å². The first-order valence-electron chi connectivity index (χ1n) is 5.61. The van der Waals surface area contributed by atoms with E-state index in [0.29, 0.717) is 0 Å². The minimum atomic E-state index is -1.35. The predicted octanol–water partition coefficient (Wildman–Crippen LogP) is -0.601. The molecule has 104 valence electrons. The van der Waals surface area contributed by atoms with Gasteiger partial charge in [-0.15, -0.1) is 0 Å². The van der Waals surface area contributed by atoms with Crippen LogP contribution in [0.15, 0.2) is 18.3 Å². The summed E-state index contributed by atoms with van der Waals surface area (Å²) >= 11 is 0. The summed E-state index contributed by atoms with van der Waals surface area (Å²) in [5, 5.41) is 22.1. The third-order valence-electron chi connectivity index (χ3n) is 2.46. The van der Waals surface area contributed by atoms with Crippen molar-refractivity contribution in [2.75, 3.05) is 13.7 Å². The molecule has 7 heteroatoms. The van der Waals surface area contributed by atoms with Gasteiger partial charge in [0.05, 0.1) is 7.11 Å². The topological polar surface area (TPSA) is 109 Å². The Morgan fingerprint density at radius 3 is 2.74 bits per heavy atom. The van der Waals surface area contributed by atoms with E-state index in [2.05, 4.69) is 15.0 Å². The van der Waals surface area contributed by atoms with Gasteiger partial charge in [-0.1, -0.05) is 6.07 Å². The lowest BCUT2D eigenvalue weighted by molar-refractivity contribution is -0.119. The Morgan fingerprint density at radius 1 is 1.47 bits per heavy atom. The van der Waals surface area contributed by atoms with E-state index >= 15 is 0 Å². The first-order valence-corrected chi connectivity index (χ1v) is 5.61. The Hall–Kier alpha value is -1.99. The molecule has 0 spiro atoms. The zero-order valence-electron chi connectivity index (χ0n) is 10.7. The number of methoxy groups -OCH3 is 1. The molecule has 0 aliphatic rings. The maximum atomic E-state index is 11.5. The number of esters is 1. The van der Waals surface area contributed by atoms with Crippen LogP contribution in [0.4, 0.5) is 0 Å². The molecular formula is C12H16N2O5. The normalized spacial score (nSPS) is 13.5. The second-order valence-corrected chi connectivity index (χ2v) is 3.88. The first kappa shape index (κ1) is 15.1. The zero-order chi connectivity index (χ0) is 14.4. The summed E-state index contributed by atoms with van der Waals surface area (Å²) in [5.41, 5.74) is 0.0755. The molecular weight excluding hydrogens is 252 g/mol. The van der Waals surface area contributed by atoms with Gasteiger partial charge in [-0.3, -0.25) is 4.79 Å². The molecule has 0 aromatic carbocycles. The second kappa shape index (κ2) is 6.81. The van der Waals surface area contributed by atoms with E-state index in [1.165, 1.54) is 32.4 Å². The maximum Gasteiger partial charge on any atom is 0.357 e. The third kappa shape index (κ3) is 4.01. The Balaban J connectivity index is 2.89. The van der Waals surface area contributed by atoms with Gasteiger partial charge in [0, 0.05) is 25.2 Å². The molecule has 19 heavy (non-hydrogen) atoms. The number of rotatable bonds is 5. The molecule has 0 saturated carbocycles. The monoisotopic (exact) mass is 268 g/mol. The molecule has 0 saturated heterocycles. The van der Waals surface area contributed by atoms with Crippen molar-refractivity contribution >= 4 is 11.9 Å². The number of hydrogen-bond acceptors (Lipinski definition) is 6. The van der Waals surface area contributed by atoms with Gasteiger partial charge in [0.15, 0.2) is 5.69 Å². The molecule has 0 aliphatic heterocycles. The fraction of sp³-hybridized carbons (Fsp3) is 0.417. The largest absolute Gasteiger partial charge is 0.464 e. The lowest BCUT2D eigenvalue weighted by Crippen LogP contribution is -2.34. The fourth-order valence-electron chi connectivity index (χ4n) is 1.49.